The number of aromatic nitrogens is 2. The van der Waals surface area contributed by atoms with Crippen LogP contribution in [0.1, 0.15) is 114 Å². The molecule has 2 atom stereocenters. The lowest BCUT2D eigenvalue weighted by Gasteiger charge is -2.41. The van der Waals surface area contributed by atoms with Crippen LogP contribution in [0.3, 0.4) is 0 Å². The molecule has 0 radical (unpaired) electrons. The molecule has 5 fully saturated rings. The van der Waals surface area contributed by atoms with Gasteiger partial charge in [-0.15, -0.1) is 0 Å². The second-order valence-corrected chi connectivity index (χ2v) is 22.1. The van der Waals surface area contributed by atoms with E-state index in [0.717, 1.165) is 57.1 Å². The van der Waals surface area contributed by atoms with Crippen LogP contribution in [0, 0.1) is 29.2 Å². The first-order valence-corrected chi connectivity index (χ1v) is 28.2. The number of amides is 5. The number of carbonyl (C=O) groups excluding carboxylic acids is 5. The van der Waals surface area contributed by atoms with Gasteiger partial charge in [-0.3, -0.25) is 33.7 Å². The molecule has 0 spiro atoms. The summed E-state index contributed by atoms with van der Waals surface area (Å²) in [5, 5.41) is 13.8. The normalized spacial score (nSPS) is 19.0. The summed E-state index contributed by atoms with van der Waals surface area (Å²) in [6.07, 6.45) is 7.42. The Balaban J connectivity index is 0.657. The van der Waals surface area contributed by atoms with Gasteiger partial charge in [0.2, 0.25) is 17.7 Å². The molecule has 3 N–H and O–H groups in total. The number of likely N-dealkylation sites (tertiary alicyclic amines) is 3. The van der Waals surface area contributed by atoms with Crippen molar-refractivity contribution in [2.24, 2.45) is 5.92 Å². The number of hydrogen-bond acceptors (Lipinski definition) is 10. The smallest absolute Gasteiger partial charge is 0.272 e. The number of piperazine rings is 1. The Kier molecular flexibility index (Phi) is 17.7. The van der Waals surface area contributed by atoms with Gasteiger partial charge in [0.1, 0.15) is 29.3 Å². The molecule has 5 heterocycles. The van der Waals surface area contributed by atoms with Gasteiger partial charge in [-0.25, -0.2) is 22.7 Å². The van der Waals surface area contributed by atoms with Crippen LogP contribution in [-0.2, 0) is 32.1 Å². The van der Waals surface area contributed by atoms with Crippen LogP contribution in [-0.4, -0.2) is 161 Å². The molecule has 1 aromatic heterocycles. The standard InChI is InChI=1S/C60H69F4N9O7/c1-37(58(77)71-26-28-72(29-27-71)59(78)49-30-38(14-17-50(49)62)31-52-46-10-5-6-11-47(46)57(76)68-67-52)69-22-18-43(19-23-69)80-44-20-24-70(25-21-44)60(79)55(39-8-3-2-4-9-39)66-56(75)48-13-7-12-45(54(48)64)41-35-73(36-41)53(74)34-65-33-40-15-16-42(61)32-51(40)63/h5-7,10-17,30,32,37,39,41,43-44,55,65H,2-4,8-9,18-29,31,33-36H2,1H3,(H,66,75)(H,68,76)/t37?,55-/m1/s1. The Morgan fingerprint density at radius 1 is 0.688 bits per heavy atom. The molecule has 4 saturated heterocycles. The first-order chi connectivity index (χ1) is 38.7. The van der Waals surface area contributed by atoms with Gasteiger partial charge in [-0.1, -0.05) is 61.7 Å². The first-order valence-electron chi connectivity index (χ1n) is 28.2. The highest BCUT2D eigenvalue weighted by Crippen LogP contribution is 2.33. The van der Waals surface area contributed by atoms with Gasteiger partial charge in [0.25, 0.3) is 17.4 Å². The Labute approximate surface area is 462 Å². The zero-order valence-electron chi connectivity index (χ0n) is 45.1. The van der Waals surface area contributed by atoms with Crippen molar-refractivity contribution in [1.29, 1.82) is 0 Å². The molecule has 4 aliphatic heterocycles. The minimum absolute atomic E-state index is 0.00630. The highest BCUT2D eigenvalue weighted by atomic mass is 19.1. The van der Waals surface area contributed by atoms with Gasteiger partial charge in [0.05, 0.1) is 47.0 Å². The molecule has 4 aromatic carbocycles. The Morgan fingerprint density at radius 2 is 1.36 bits per heavy atom. The zero-order valence-corrected chi connectivity index (χ0v) is 45.1. The number of ether oxygens (including phenoxy) is 1. The molecular weight excluding hydrogens is 1030 g/mol. The lowest BCUT2D eigenvalue weighted by Crippen LogP contribution is -2.56. The summed E-state index contributed by atoms with van der Waals surface area (Å²) >= 11 is 0. The number of hydrogen-bond donors (Lipinski definition) is 3. The summed E-state index contributed by atoms with van der Waals surface area (Å²) in [5.41, 5.74) is 1.31. The van der Waals surface area contributed by atoms with Crippen molar-refractivity contribution in [2.75, 3.05) is 72.0 Å². The van der Waals surface area contributed by atoms with E-state index >= 15 is 8.78 Å². The lowest BCUT2D eigenvalue weighted by atomic mass is 9.83. The Hall–Kier alpha value is -7.03. The van der Waals surface area contributed by atoms with E-state index in [-0.39, 0.29) is 116 Å². The van der Waals surface area contributed by atoms with Gasteiger partial charge in [0.15, 0.2) is 0 Å². The maximum Gasteiger partial charge on any atom is 0.272 e. The van der Waals surface area contributed by atoms with E-state index in [1.165, 1.54) is 24.3 Å². The second-order valence-electron chi connectivity index (χ2n) is 22.1. The molecule has 1 saturated carbocycles. The predicted molar refractivity (Wildman–Crippen MR) is 290 cm³/mol. The van der Waals surface area contributed by atoms with Crippen molar-refractivity contribution < 1.29 is 46.3 Å². The summed E-state index contributed by atoms with van der Waals surface area (Å²) < 4.78 is 65.3. The molecule has 424 valence electrons. The summed E-state index contributed by atoms with van der Waals surface area (Å²) in [4.78, 5) is 89.8. The number of aromatic amines is 1. The second kappa shape index (κ2) is 25.2. The van der Waals surface area contributed by atoms with Crippen molar-refractivity contribution in [3.63, 3.8) is 0 Å². The van der Waals surface area contributed by atoms with Gasteiger partial charge >= 0.3 is 0 Å². The number of carbonyl (C=O) groups is 5. The van der Waals surface area contributed by atoms with Crippen LogP contribution in [0.15, 0.2) is 83.7 Å². The summed E-state index contributed by atoms with van der Waals surface area (Å²) in [6, 6.07) is 18.2. The van der Waals surface area contributed by atoms with E-state index in [4.69, 9.17) is 4.74 Å². The SMILES string of the molecule is CC(C(=O)N1CCN(C(=O)c2cc(Cc3n[nH]c(=O)c4ccccc34)ccc2F)CC1)N1CCC(OC2CCN(C(=O)[C@H](NC(=O)c3cccc(C4CN(C(=O)CNCc5ccc(F)cc5F)C4)c3F)C3CCCCC3)CC2)CC1. The third-order valence-corrected chi connectivity index (χ3v) is 17.0. The molecule has 80 heavy (non-hydrogen) atoms. The van der Waals surface area contributed by atoms with Crippen molar-refractivity contribution in [3.05, 3.63) is 146 Å². The van der Waals surface area contributed by atoms with Crippen molar-refractivity contribution in [2.45, 2.75) is 108 Å². The van der Waals surface area contributed by atoms with E-state index in [0.29, 0.717) is 79.7 Å². The summed E-state index contributed by atoms with van der Waals surface area (Å²) in [6.45, 7) is 5.78. The molecule has 10 rings (SSSR count). The average Bonchev–Trinajstić information content (AvgIpc) is 3.46. The topological polar surface area (TPSA) is 181 Å². The van der Waals surface area contributed by atoms with E-state index in [1.54, 1.807) is 49.9 Å². The minimum atomic E-state index is -0.814. The summed E-state index contributed by atoms with van der Waals surface area (Å²) in [5.74, 6) is -4.67. The number of halogens is 4. The molecule has 0 bridgehead atoms. The molecule has 5 aromatic rings. The predicted octanol–water partition coefficient (Wildman–Crippen LogP) is 6.31. The number of nitrogens with one attached hydrogen (secondary N) is 3. The zero-order chi connectivity index (χ0) is 56.0. The van der Waals surface area contributed by atoms with Crippen LogP contribution in [0.5, 0.6) is 0 Å². The quantitative estimate of drug-likeness (QED) is 0.0949. The van der Waals surface area contributed by atoms with Crippen LogP contribution in [0.25, 0.3) is 10.8 Å². The largest absolute Gasteiger partial charge is 0.375 e. The fourth-order valence-electron chi connectivity index (χ4n) is 12.2. The van der Waals surface area contributed by atoms with Crippen LogP contribution >= 0.6 is 0 Å². The van der Waals surface area contributed by atoms with E-state index in [9.17, 15) is 37.5 Å². The van der Waals surface area contributed by atoms with E-state index in [1.807, 2.05) is 19.1 Å². The highest BCUT2D eigenvalue weighted by Gasteiger charge is 2.39. The third-order valence-electron chi connectivity index (χ3n) is 17.0. The molecule has 16 nitrogen and oxygen atoms in total. The monoisotopic (exact) mass is 1100 g/mol. The number of H-pyrrole nitrogens is 1. The number of nitrogens with zero attached hydrogens (tertiary/aromatic N) is 6. The number of piperidine rings is 2. The lowest BCUT2D eigenvalue weighted by molar-refractivity contribution is -0.142. The average molecular weight is 1100 g/mol. The first kappa shape index (κ1) is 56.3. The van der Waals surface area contributed by atoms with Gasteiger partial charge in [-0.05, 0) is 92.8 Å². The van der Waals surface area contributed by atoms with Crippen LogP contribution < -0.4 is 16.2 Å². The molecule has 1 unspecified atom stereocenters. The maximum atomic E-state index is 16.2. The van der Waals surface area contributed by atoms with Crippen molar-refractivity contribution >= 4 is 40.3 Å². The molecule has 5 amide bonds. The highest BCUT2D eigenvalue weighted by molar-refractivity contribution is 5.98. The fourth-order valence-corrected chi connectivity index (χ4v) is 12.2. The Bertz CT molecular complexity index is 3140. The van der Waals surface area contributed by atoms with E-state index < -0.39 is 41.1 Å². The van der Waals surface area contributed by atoms with Crippen LogP contribution in [0.4, 0.5) is 17.6 Å². The molecule has 20 heteroatoms. The van der Waals surface area contributed by atoms with Crippen molar-refractivity contribution in [1.82, 2.24) is 45.3 Å². The van der Waals surface area contributed by atoms with Crippen molar-refractivity contribution in [3.8, 4) is 0 Å². The van der Waals surface area contributed by atoms with Gasteiger partial charge < -0.3 is 35.0 Å². The third kappa shape index (κ3) is 12.8. The maximum absolute atomic E-state index is 16.2. The number of rotatable bonds is 16. The van der Waals surface area contributed by atoms with E-state index in [2.05, 4.69) is 25.7 Å². The number of benzene rings is 4. The van der Waals surface area contributed by atoms with Gasteiger partial charge in [-0.2, -0.15) is 5.10 Å². The molecule has 5 aliphatic rings. The Morgan fingerprint density at radius 3 is 2.08 bits per heavy atom. The summed E-state index contributed by atoms with van der Waals surface area (Å²) in [7, 11) is 0. The van der Waals surface area contributed by atoms with Gasteiger partial charge in [0, 0.05) is 101 Å². The molecule has 1 aliphatic carbocycles. The fraction of sp³-hybridized carbons (Fsp3) is 0.483. The van der Waals surface area contributed by atoms with Crippen LogP contribution in [0.2, 0.25) is 0 Å². The molecular formula is C60H69F4N9O7. The number of fused-ring (bicyclic) bond motifs is 1. The minimum Gasteiger partial charge on any atom is -0.375 e.